The summed E-state index contributed by atoms with van der Waals surface area (Å²) in [6.07, 6.45) is 0.297. The number of ether oxygens (including phenoxy) is 2. The van der Waals surface area contributed by atoms with Crippen LogP contribution in [0.4, 0.5) is 10.5 Å². The largest absolute Gasteiger partial charge is 0.462 e. The second-order valence-corrected chi connectivity index (χ2v) is 6.93. The highest BCUT2D eigenvalue weighted by Gasteiger charge is 2.15. The summed E-state index contributed by atoms with van der Waals surface area (Å²) in [7, 11) is 0. The Labute approximate surface area is 159 Å². The number of amides is 1. The van der Waals surface area contributed by atoms with E-state index < -0.39 is 11.7 Å². The van der Waals surface area contributed by atoms with Gasteiger partial charge in [0.05, 0.1) is 12.2 Å². The molecule has 0 saturated heterocycles. The first-order valence-corrected chi connectivity index (χ1v) is 8.91. The van der Waals surface area contributed by atoms with Gasteiger partial charge in [0.15, 0.2) is 5.11 Å². The van der Waals surface area contributed by atoms with Crippen LogP contribution in [-0.2, 0) is 9.47 Å². The fraction of sp³-hybridized carbons (Fsp3) is 0.500. The fourth-order valence-corrected chi connectivity index (χ4v) is 2.05. The molecule has 0 heterocycles. The summed E-state index contributed by atoms with van der Waals surface area (Å²) in [6, 6.07) is 6.90. The molecule has 8 heteroatoms. The molecule has 0 saturated carbocycles. The zero-order chi connectivity index (χ0) is 19.6. The highest BCUT2D eigenvalue weighted by Crippen LogP contribution is 2.12. The molecule has 0 aliphatic heterocycles. The number of thiocarbonyl (C=S) groups is 1. The first-order chi connectivity index (χ1) is 12.2. The summed E-state index contributed by atoms with van der Waals surface area (Å²) in [5, 5.41) is 8.97. The van der Waals surface area contributed by atoms with Gasteiger partial charge in [-0.05, 0) is 57.6 Å². The Kier molecular flexibility index (Phi) is 8.84. The van der Waals surface area contributed by atoms with Gasteiger partial charge in [0, 0.05) is 18.8 Å². The summed E-state index contributed by atoms with van der Waals surface area (Å²) in [5.74, 6) is -0.365. The minimum atomic E-state index is -0.530. The van der Waals surface area contributed by atoms with Crippen LogP contribution >= 0.6 is 12.2 Å². The van der Waals surface area contributed by atoms with Crippen LogP contribution in [0.25, 0.3) is 0 Å². The number of hydrogen-bond donors (Lipinski definition) is 3. The quantitative estimate of drug-likeness (QED) is 0.380. The van der Waals surface area contributed by atoms with Crippen molar-refractivity contribution in [1.29, 1.82) is 0 Å². The van der Waals surface area contributed by atoms with Gasteiger partial charge in [-0.2, -0.15) is 0 Å². The van der Waals surface area contributed by atoms with Crippen molar-refractivity contribution in [2.24, 2.45) is 0 Å². The molecule has 1 amide bonds. The Hall–Kier alpha value is -2.35. The molecule has 0 bridgehead atoms. The van der Waals surface area contributed by atoms with Crippen molar-refractivity contribution in [1.82, 2.24) is 10.6 Å². The van der Waals surface area contributed by atoms with Gasteiger partial charge in [-0.1, -0.05) is 13.0 Å². The Morgan fingerprint density at radius 2 is 1.85 bits per heavy atom. The number of nitrogens with one attached hydrogen (secondary N) is 3. The SMILES string of the molecule is CCCOC(=O)c1cccc(NC(=S)NCCNC(=O)OC(C)(C)C)c1. The maximum atomic E-state index is 11.9. The molecule has 0 atom stereocenters. The number of hydrogen-bond acceptors (Lipinski definition) is 5. The summed E-state index contributed by atoms with van der Waals surface area (Å²) in [6.45, 7) is 8.53. The lowest BCUT2D eigenvalue weighted by atomic mass is 10.2. The van der Waals surface area contributed by atoms with Gasteiger partial charge in [0.2, 0.25) is 0 Å². The van der Waals surface area contributed by atoms with Crippen molar-refractivity contribution in [2.75, 3.05) is 25.0 Å². The molecule has 0 fully saturated rings. The van der Waals surface area contributed by atoms with E-state index in [0.717, 1.165) is 6.42 Å². The predicted molar refractivity (Wildman–Crippen MR) is 105 cm³/mol. The summed E-state index contributed by atoms with van der Waals surface area (Å²) >= 11 is 5.20. The van der Waals surface area contributed by atoms with Crippen molar-refractivity contribution >= 4 is 35.1 Å². The number of anilines is 1. The third-order valence-corrected chi connectivity index (χ3v) is 3.12. The molecular formula is C18H27N3O4S. The fourth-order valence-electron chi connectivity index (χ4n) is 1.83. The smallest absolute Gasteiger partial charge is 0.407 e. The molecule has 0 spiro atoms. The molecule has 3 N–H and O–H groups in total. The second kappa shape index (κ2) is 10.6. The van der Waals surface area contributed by atoms with E-state index in [1.54, 1.807) is 45.0 Å². The van der Waals surface area contributed by atoms with Crippen LogP contribution in [0.1, 0.15) is 44.5 Å². The molecular weight excluding hydrogens is 354 g/mol. The molecule has 0 aromatic heterocycles. The molecule has 0 unspecified atom stereocenters. The standard InChI is InChI=1S/C18H27N3O4S/c1-5-11-24-15(22)13-7-6-8-14(12-13)21-16(26)19-9-10-20-17(23)25-18(2,3)4/h6-8,12H,5,9-11H2,1-4H3,(H,20,23)(H2,19,21,26). The zero-order valence-corrected chi connectivity index (χ0v) is 16.5. The van der Waals surface area contributed by atoms with E-state index >= 15 is 0 Å². The Morgan fingerprint density at radius 3 is 2.50 bits per heavy atom. The normalized spacial score (nSPS) is 10.6. The van der Waals surface area contributed by atoms with Gasteiger partial charge in [-0.15, -0.1) is 0 Å². The highest BCUT2D eigenvalue weighted by molar-refractivity contribution is 7.80. The van der Waals surface area contributed by atoms with Crippen molar-refractivity contribution in [3.05, 3.63) is 29.8 Å². The first-order valence-electron chi connectivity index (χ1n) is 8.50. The van der Waals surface area contributed by atoms with Gasteiger partial charge in [-0.25, -0.2) is 9.59 Å². The van der Waals surface area contributed by atoms with Crippen molar-refractivity contribution < 1.29 is 19.1 Å². The second-order valence-electron chi connectivity index (χ2n) is 6.53. The minimum Gasteiger partial charge on any atom is -0.462 e. The highest BCUT2D eigenvalue weighted by atomic mass is 32.1. The lowest BCUT2D eigenvalue weighted by Crippen LogP contribution is -2.39. The van der Waals surface area contributed by atoms with Gasteiger partial charge in [0.1, 0.15) is 5.60 Å². The third-order valence-electron chi connectivity index (χ3n) is 2.87. The summed E-state index contributed by atoms with van der Waals surface area (Å²) in [5.41, 5.74) is 0.601. The number of rotatable bonds is 7. The van der Waals surface area contributed by atoms with Gasteiger partial charge in [0.25, 0.3) is 0 Å². The van der Waals surface area contributed by atoms with Crippen LogP contribution in [0, 0.1) is 0 Å². The van der Waals surface area contributed by atoms with Crippen LogP contribution in [0.2, 0.25) is 0 Å². The van der Waals surface area contributed by atoms with Crippen molar-refractivity contribution in [3.63, 3.8) is 0 Å². The van der Waals surface area contributed by atoms with E-state index in [9.17, 15) is 9.59 Å². The van der Waals surface area contributed by atoms with Crippen LogP contribution in [0.15, 0.2) is 24.3 Å². The molecule has 0 radical (unpaired) electrons. The van der Waals surface area contributed by atoms with Crippen molar-refractivity contribution in [2.45, 2.75) is 39.7 Å². The molecule has 0 aliphatic rings. The monoisotopic (exact) mass is 381 g/mol. The Balaban J connectivity index is 2.37. The lowest BCUT2D eigenvalue weighted by molar-refractivity contribution is 0.0501. The summed E-state index contributed by atoms with van der Waals surface area (Å²) < 4.78 is 10.2. The van der Waals surface area contributed by atoms with Crippen LogP contribution < -0.4 is 16.0 Å². The van der Waals surface area contributed by atoms with E-state index in [2.05, 4.69) is 16.0 Å². The van der Waals surface area contributed by atoms with Crippen LogP contribution in [0.3, 0.4) is 0 Å². The van der Waals surface area contributed by atoms with E-state index in [-0.39, 0.29) is 5.97 Å². The van der Waals surface area contributed by atoms with E-state index in [0.29, 0.717) is 36.1 Å². The average molecular weight is 381 g/mol. The first kappa shape index (κ1) is 21.7. The van der Waals surface area contributed by atoms with Crippen LogP contribution in [-0.4, -0.2) is 42.5 Å². The Bertz CT molecular complexity index is 629. The molecule has 26 heavy (non-hydrogen) atoms. The van der Waals surface area contributed by atoms with Crippen LogP contribution in [0.5, 0.6) is 0 Å². The zero-order valence-electron chi connectivity index (χ0n) is 15.7. The molecule has 1 aromatic rings. The molecule has 1 rings (SSSR count). The average Bonchev–Trinajstić information content (AvgIpc) is 2.55. The molecule has 1 aromatic carbocycles. The number of esters is 1. The molecule has 0 aliphatic carbocycles. The van der Waals surface area contributed by atoms with Gasteiger partial charge in [-0.3, -0.25) is 0 Å². The van der Waals surface area contributed by atoms with E-state index in [1.165, 1.54) is 0 Å². The number of carbonyl (C=O) groups excluding carboxylic acids is 2. The third kappa shape index (κ3) is 9.22. The summed E-state index contributed by atoms with van der Waals surface area (Å²) in [4.78, 5) is 23.4. The lowest BCUT2D eigenvalue weighted by Gasteiger charge is -2.19. The molecule has 7 nitrogen and oxygen atoms in total. The Morgan fingerprint density at radius 1 is 1.15 bits per heavy atom. The topological polar surface area (TPSA) is 88.7 Å². The molecule has 144 valence electrons. The van der Waals surface area contributed by atoms with Gasteiger partial charge >= 0.3 is 12.1 Å². The van der Waals surface area contributed by atoms with Crippen molar-refractivity contribution in [3.8, 4) is 0 Å². The number of alkyl carbamates (subject to hydrolysis) is 1. The van der Waals surface area contributed by atoms with E-state index in [1.807, 2.05) is 6.92 Å². The maximum Gasteiger partial charge on any atom is 0.407 e. The number of benzene rings is 1. The van der Waals surface area contributed by atoms with Gasteiger partial charge < -0.3 is 25.4 Å². The predicted octanol–water partition coefficient (Wildman–Crippen LogP) is 3.06. The van der Waals surface area contributed by atoms with E-state index in [4.69, 9.17) is 21.7 Å². The minimum absolute atomic E-state index is 0.361. The maximum absolute atomic E-state index is 11.9. The number of carbonyl (C=O) groups is 2.